The minimum Gasteiger partial charge on any atom is -0.493 e. The van der Waals surface area contributed by atoms with Crippen LogP contribution in [0.5, 0.6) is 17.4 Å². The molecule has 1 N–H and O–H groups in total. The van der Waals surface area contributed by atoms with Crippen LogP contribution in [0.1, 0.15) is 23.4 Å². The molecule has 0 saturated carbocycles. The predicted molar refractivity (Wildman–Crippen MR) is 101 cm³/mol. The third-order valence-electron chi connectivity index (χ3n) is 4.60. The molecule has 1 atom stereocenters. The summed E-state index contributed by atoms with van der Waals surface area (Å²) >= 11 is 1.44. The minimum atomic E-state index is -0.146. The van der Waals surface area contributed by atoms with Gasteiger partial charge in [-0.3, -0.25) is 4.90 Å². The Hall–Kier alpha value is -2.36. The normalized spacial score (nSPS) is 16.5. The molecule has 1 unspecified atom stereocenters. The quantitative estimate of drug-likeness (QED) is 0.692. The highest BCUT2D eigenvalue weighted by Gasteiger charge is 2.31. The Labute approximate surface area is 160 Å². The number of aromatic hydroxyl groups is 1. The number of aromatic nitrogens is 3. The molecule has 8 nitrogen and oxygen atoms in total. The largest absolute Gasteiger partial charge is 0.493 e. The van der Waals surface area contributed by atoms with Gasteiger partial charge in [0.1, 0.15) is 6.33 Å². The molecule has 2 aromatic heterocycles. The second-order valence-electron chi connectivity index (χ2n) is 6.14. The van der Waals surface area contributed by atoms with Gasteiger partial charge < -0.3 is 19.3 Å². The van der Waals surface area contributed by atoms with Crippen LogP contribution in [-0.2, 0) is 4.74 Å². The molecule has 3 aromatic rings. The highest BCUT2D eigenvalue weighted by atomic mass is 32.1. The first-order chi connectivity index (χ1) is 13.2. The van der Waals surface area contributed by atoms with E-state index in [0.29, 0.717) is 36.3 Å². The molecule has 1 aliphatic heterocycles. The molecular formula is C18H22N4O4S. The Bertz CT molecular complexity index is 919. The molecule has 0 radical (unpaired) electrons. The molecule has 1 fully saturated rings. The van der Waals surface area contributed by atoms with Crippen LogP contribution in [0.4, 0.5) is 0 Å². The molecule has 0 aliphatic carbocycles. The van der Waals surface area contributed by atoms with Crippen molar-refractivity contribution in [3.8, 4) is 17.4 Å². The van der Waals surface area contributed by atoms with Gasteiger partial charge in [-0.1, -0.05) is 17.4 Å². The van der Waals surface area contributed by atoms with Gasteiger partial charge in [0.15, 0.2) is 11.5 Å². The van der Waals surface area contributed by atoms with E-state index >= 15 is 0 Å². The number of fused-ring (bicyclic) bond motifs is 1. The fourth-order valence-corrected chi connectivity index (χ4v) is 4.46. The van der Waals surface area contributed by atoms with E-state index in [4.69, 9.17) is 14.2 Å². The fourth-order valence-electron chi connectivity index (χ4n) is 3.37. The number of nitrogens with zero attached hydrogens (tertiary/aromatic N) is 4. The molecule has 0 spiro atoms. The average molecular weight is 390 g/mol. The molecule has 4 rings (SSSR count). The van der Waals surface area contributed by atoms with Gasteiger partial charge in [-0.2, -0.15) is 9.61 Å². The number of morpholine rings is 1. The lowest BCUT2D eigenvalue weighted by atomic mass is 10.0. The van der Waals surface area contributed by atoms with Crippen LogP contribution in [0.15, 0.2) is 24.5 Å². The highest BCUT2D eigenvalue weighted by molar-refractivity contribution is 7.17. The molecule has 27 heavy (non-hydrogen) atoms. The maximum atomic E-state index is 10.8. The van der Waals surface area contributed by atoms with Crippen molar-refractivity contribution in [1.82, 2.24) is 19.5 Å². The first kappa shape index (κ1) is 18.0. The van der Waals surface area contributed by atoms with Crippen LogP contribution in [0.2, 0.25) is 0 Å². The SMILES string of the molecule is CCOc1cc(C(c2sc3ncnn3c2O)N2CCOCC2)ccc1OC. The van der Waals surface area contributed by atoms with Gasteiger partial charge in [0.25, 0.3) is 0 Å². The van der Waals surface area contributed by atoms with Gasteiger partial charge in [-0.05, 0) is 24.6 Å². The molecule has 1 aliphatic rings. The average Bonchev–Trinajstić information content (AvgIpc) is 3.27. The van der Waals surface area contributed by atoms with Gasteiger partial charge in [-0.25, -0.2) is 4.98 Å². The van der Waals surface area contributed by atoms with Crippen LogP contribution in [0.25, 0.3) is 4.96 Å². The second kappa shape index (κ2) is 7.71. The van der Waals surface area contributed by atoms with Crippen molar-refractivity contribution in [3.05, 3.63) is 35.0 Å². The highest BCUT2D eigenvalue weighted by Crippen LogP contribution is 2.42. The number of hydrogen-bond donors (Lipinski definition) is 1. The fraction of sp³-hybridized carbons (Fsp3) is 0.444. The van der Waals surface area contributed by atoms with Crippen molar-refractivity contribution in [1.29, 1.82) is 0 Å². The van der Waals surface area contributed by atoms with E-state index in [1.165, 1.54) is 22.2 Å². The molecule has 0 amide bonds. The zero-order valence-corrected chi connectivity index (χ0v) is 16.1. The summed E-state index contributed by atoms with van der Waals surface area (Å²) < 4.78 is 18.2. The number of benzene rings is 1. The van der Waals surface area contributed by atoms with Crippen LogP contribution in [0.3, 0.4) is 0 Å². The first-order valence-electron chi connectivity index (χ1n) is 8.86. The summed E-state index contributed by atoms with van der Waals surface area (Å²) in [5, 5.41) is 14.9. The topological polar surface area (TPSA) is 81.4 Å². The molecule has 9 heteroatoms. The van der Waals surface area contributed by atoms with E-state index in [0.717, 1.165) is 23.5 Å². The van der Waals surface area contributed by atoms with Crippen molar-refractivity contribution in [3.63, 3.8) is 0 Å². The maximum Gasteiger partial charge on any atom is 0.230 e. The first-order valence-corrected chi connectivity index (χ1v) is 9.68. The number of hydrogen-bond acceptors (Lipinski definition) is 8. The molecular weight excluding hydrogens is 368 g/mol. The van der Waals surface area contributed by atoms with Crippen molar-refractivity contribution < 1.29 is 19.3 Å². The number of methoxy groups -OCH3 is 1. The summed E-state index contributed by atoms with van der Waals surface area (Å²) in [5.74, 6) is 1.50. The monoisotopic (exact) mass is 390 g/mol. The van der Waals surface area contributed by atoms with Crippen LogP contribution in [-0.4, -0.2) is 64.6 Å². The summed E-state index contributed by atoms with van der Waals surface area (Å²) in [6.07, 6.45) is 1.44. The molecule has 0 bridgehead atoms. The van der Waals surface area contributed by atoms with Crippen LogP contribution >= 0.6 is 11.3 Å². The zero-order valence-electron chi connectivity index (χ0n) is 15.3. The Balaban J connectivity index is 1.81. The molecule has 1 saturated heterocycles. The van der Waals surface area contributed by atoms with Gasteiger partial charge in [0, 0.05) is 13.1 Å². The Morgan fingerprint density at radius 2 is 2.11 bits per heavy atom. The lowest BCUT2D eigenvalue weighted by molar-refractivity contribution is 0.0240. The minimum absolute atomic E-state index is 0.123. The smallest absolute Gasteiger partial charge is 0.230 e. The van der Waals surface area contributed by atoms with Crippen molar-refractivity contribution in [2.75, 3.05) is 40.0 Å². The number of ether oxygens (including phenoxy) is 3. The third kappa shape index (κ3) is 3.33. The van der Waals surface area contributed by atoms with E-state index in [1.807, 2.05) is 25.1 Å². The van der Waals surface area contributed by atoms with Crippen molar-refractivity contribution in [2.45, 2.75) is 13.0 Å². The van der Waals surface area contributed by atoms with Crippen molar-refractivity contribution >= 4 is 16.3 Å². The predicted octanol–water partition coefficient (Wildman–Crippen LogP) is 2.33. The van der Waals surface area contributed by atoms with Gasteiger partial charge in [0.05, 0.1) is 37.8 Å². The summed E-state index contributed by atoms with van der Waals surface area (Å²) in [6.45, 7) is 5.35. The molecule has 1 aromatic carbocycles. The standard InChI is InChI=1S/C18H22N4O4S/c1-3-26-14-10-12(4-5-13(14)24-2)15(21-6-8-25-9-7-21)16-17(23)22-18(27-16)19-11-20-22/h4-5,10-11,15,23H,3,6-9H2,1-2H3. The summed E-state index contributed by atoms with van der Waals surface area (Å²) in [5.41, 5.74) is 1.01. The van der Waals surface area contributed by atoms with Gasteiger partial charge in [-0.15, -0.1) is 0 Å². The maximum absolute atomic E-state index is 10.8. The number of rotatable bonds is 6. The Kier molecular flexibility index (Phi) is 5.15. The van der Waals surface area contributed by atoms with Crippen LogP contribution in [0, 0.1) is 0 Å². The van der Waals surface area contributed by atoms with Gasteiger partial charge in [0.2, 0.25) is 10.8 Å². The van der Waals surface area contributed by atoms with E-state index in [1.54, 1.807) is 7.11 Å². The molecule has 3 heterocycles. The van der Waals surface area contributed by atoms with E-state index in [2.05, 4.69) is 15.0 Å². The van der Waals surface area contributed by atoms with E-state index in [9.17, 15) is 5.11 Å². The lowest BCUT2D eigenvalue weighted by Crippen LogP contribution is -2.39. The molecule has 144 valence electrons. The summed E-state index contributed by atoms with van der Waals surface area (Å²) in [7, 11) is 1.63. The third-order valence-corrected chi connectivity index (χ3v) is 5.69. The van der Waals surface area contributed by atoms with Gasteiger partial charge >= 0.3 is 0 Å². The number of thiazole rings is 1. The van der Waals surface area contributed by atoms with E-state index in [-0.39, 0.29) is 11.9 Å². The summed E-state index contributed by atoms with van der Waals surface area (Å²) in [6, 6.07) is 5.75. The van der Waals surface area contributed by atoms with Crippen molar-refractivity contribution in [2.24, 2.45) is 0 Å². The zero-order chi connectivity index (χ0) is 18.8. The summed E-state index contributed by atoms with van der Waals surface area (Å²) in [4.78, 5) is 7.99. The van der Waals surface area contributed by atoms with E-state index < -0.39 is 0 Å². The Morgan fingerprint density at radius 3 is 2.81 bits per heavy atom. The Morgan fingerprint density at radius 1 is 1.30 bits per heavy atom. The van der Waals surface area contributed by atoms with Crippen LogP contribution < -0.4 is 9.47 Å². The lowest BCUT2D eigenvalue weighted by Gasteiger charge is -2.34. The second-order valence-corrected chi connectivity index (χ2v) is 7.15.